The molecule has 0 aromatic heterocycles. The number of hydrogen-bond acceptors (Lipinski definition) is 1. The Morgan fingerprint density at radius 1 is 1.10 bits per heavy atom. The Bertz CT molecular complexity index is 632. The highest BCUT2D eigenvalue weighted by atomic mass is 35.5. The van der Waals surface area contributed by atoms with Gasteiger partial charge in [0.05, 0.1) is 0 Å². The molecule has 0 spiro atoms. The van der Waals surface area contributed by atoms with E-state index in [-0.39, 0.29) is 12.5 Å². The van der Waals surface area contributed by atoms with E-state index in [0.717, 1.165) is 17.7 Å². The predicted molar refractivity (Wildman–Crippen MR) is 82.9 cm³/mol. The van der Waals surface area contributed by atoms with E-state index in [4.69, 9.17) is 23.2 Å². The largest absolute Gasteiger partial charge is 0.310 e. The van der Waals surface area contributed by atoms with Crippen LogP contribution in [-0.2, 0) is 6.42 Å². The van der Waals surface area contributed by atoms with Gasteiger partial charge < -0.3 is 5.32 Å². The van der Waals surface area contributed by atoms with Crippen LogP contribution in [0.15, 0.2) is 36.4 Å². The molecular weight excluding hydrogens is 315 g/mol. The van der Waals surface area contributed by atoms with Crippen LogP contribution in [0, 0.1) is 11.6 Å². The van der Waals surface area contributed by atoms with Crippen LogP contribution >= 0.6 is 23.2 Å². The molecule has 0 heterocycles. The first kappa shape index (κ1) is 16.2. The van der Waals surface area contributed by atoms with Crippen molar-refractivity contribution in [2.24, 2.45) is 0 Å². The summed E-state index contributed by atoms with van der Waals surface area (Å²) in [5.41, 5.74) is 1.08. The summed E-state index contributed by atoms with van der Waals surface area (Å²) in [6.07, 6.45) is 0.289. The molecule has 0 bridgehead atoms. The molecule has 21 heavy (non-hydrogen) atoms. The molecule has 0 saturated carbocycles. The highest BCUT2D eigenvalue weighted by molar-refractivity contribution is 6.33. The minimum atomic E-state index is -0.459. The van der Waals surface area contributed by atoms with E-state index in [0.29, 0.717) is 22.2 Å². The second-order valence-electron chi connectivity index (χ2n) is 4.72. The van der Waals surface area contributed by atoms with Crippen LogP contribution in [-0.4, -0.2) is 6.54 Å². The molecule has 0 aliphatic carbocycles. The minimum Gasteiger partial charge on any atom is -0.310 e. The van der Waals surface area contributed by atoms with Gasteiger partial charge in [-0.25, -0.2) is 8.78 Å². The second-order valence-corrected chi connectivity index (χ2v) is 5.56. The number of hydrogen-bond donors (Lipinski definition) is 1. The first-order valence-corrected chi connectivity index (χ1v) is 7.39. The monoisotopic (exact) mass is 329 g/mol. The molecule has 0 radical (unpaired) electrons. The standard InChI is InChI=1S/C16H15Cl2F2N/c1-2-21-16(13-9-11(17)3-5-14(13)18)8-10-7-12(19)4-6-15(10)20/h3-7,9,16,21H,2,8H2,1H3. The van der Waals surface area contributed by atoms with E-state index in [1.165, 1.54) is 6.07 Å². The quantitative estimate of drug-likeness (QED) is 0.798. The van der Waals surface area contributed by atoms with Crippen molar-refractivity contribution in [1.82, 2.24) is 5.32 Å². The number of nitrogens with one attached hydrogen (secondary N) is 1. The molecule has 0 amide bonds. The van der Waals surface area contributed by atoms with Gasteiger partial charge in [-0.15, -0.1) is 0 Å². The van der Waals surface area contributed by atoms with Crippen LogP contribution in [0.5, 0.6) is 0 Å². The van der Waals surface area contributed by atoms with Crippen molar-refractivity contribution in [2.45, 2.75) is 19.4 Å². The van der Waals surface area contributed by atoms with Crippen molar-refractivity contribution in [3.63, 3.8) is 0 Å². The third-order valence-corrected chi connectivity index (χ3v) is 3.80. The summed E-state index contributed by atoms with van der Waals surface area (Å²) in [7, 11) is 0. The van der Waals surface area contributed by atoms with Gasteiger partial charge in [0, 0.05) is 16.1 Å². The lowest BCUT2D eigenvalue weighted by atomic mass is 9.98. The fraction of sp³-hybridized carbons (Fsp3) is 0.250. The zero-order valence-corrected chi connectivity index (χ0v) is 13.0. The summed E-state index contributed by atoms with van der Waals surface area (Å²) in [6, 6.07) is 8.34. The first-order valence-electron chi connectivity index (χ1n) is 6.63. The van der Waals surface area contributed by atoms with Gasteiger partial charge in [-0.1, -0.05) is 30.1 Å². The van der Waals surface area contributed by atoms with Gasteiger partial charge in [0.1, 0.15) is 11.6 Å². The van der Waals surface area contributed by atoms with Gasteiger partial charge in [-0.05, 0) is 60.5 Å². The van der Waals surface area contributed by atoms with E-state index in [1.807, 2.05) is 6.92 Å². The Hall–Kier alpha value is -1.16. The summed E-state index contributed by atoms with van der Waals surface area (Å²) >= 11 is 12.2. The molecule has 0 aliphatic heterocycles. The van der Waals surface area contributed by atoms with Gasteiger partial charge in [-0.3, -0.25) is 0 Å². The summed E-state index contributed by atoms with van der Waals surface area (Å²) in [4.78, 5) is 0. The molecular formula is C16H15Cl2F2N. The van der Waals surface area contributed by atoms with Crippen molar-refractivity contribution in [2.75, 3.05) is 6.54 Å². The molecule has 1 nitrogen and oxygen atoms in total. The van der Waals surface area contributed by atoms with Crippen molar-refractivity contribution in [1.29, 1.82) is 0 Å². The van der Waals surface area contributed by atoms with Crippen LogP contribution in [0.4, 0.5) is 8.78 Å². The molecule has 1 unspecified atom stereocenters. The topological polar surface area (TPSA) is 12.0 Å². The third-order valence-electron chi connectivity index (χ3n) is 3.22. The Kier molecular flexibility index (Phi) is 5.57. The maximum atomic E-state index is 13.8. The molecule has 0 aliphatic rings. The van der Waals surface area contributed by atoms with Crippen molar-refractivity contribution < 1.29 is 8.78 Å². The van der Waals surface area contributed by atoms with Gasteiger partial charge >= 0.3 is 0 Å². The van der Waals surface area contributed by atoms with Gasteiger partial charge in [0.15, 0.2) is 0 Å². The van der Waals surface area contributed by atoms with Crippen LogP contribution in [0.2, 0.25) is 10.0 Å². The van der Waals surface area contributed by atoms with E-state index >= 15 is 0 Å². The Morgan fingerprint density at radius 2 is 1.86 bits per heavy atom. The van der Waals surface area contributed by atoms with Gasteiger partial charge in [0.25, 0.3) is 0 Å². The van der Waals surface area contributed by atoms with Crippen LogP contribution in [0.1, 0.15) is 24.1 Å². The summed E-state index contributed by atoms with van der Waals surface area (Å²) < 4.78 is 27.1. The summed E-state index contributed by atoms with van der Waals surface area (Å²) in [6.45, 7) is 2.61. The average Bonchev–Trinajstić information content (AvgIpc) is 2.45. The lowest BCUT2D eigenvalue weighted by Crippen LogP contribution is -2.23. The lowest BCUT2D eigenvalue weighted by molar-refractivity contribution is 0.522. The van der Waals surface area contributed by atoms with Gasteiger partial charge in [0.2, 0.25) is 0 Å². The average molecular weight is 330 g/mol. The van der Waals surface area contributed by atoms with Crippen LogP contribution in [0.3, 0.4) is 0 Å². The smallest absolute Gasteiger partial charge is 0.126 e. The lowest BCUT2D eigenvalue weighted by Gasteiger charge is -2.20. The van der Waals surface area contributed by atoms with E-state index in [9.17, 15) is 8.78 Å². The molecule has 112 valence electrons. The van der Waals surface area contributed by atoms with E-state index < -0.39 is 11.6 Å². The molecule has 1 atom stereocenters. The minimum absolute atomic E-state index is 0.238. The highest BCUT2D eigenvalue weighted by Gasteiger charge is 2.17. The molecule has 2 aromatic rings. The van der Waals surface area contributed by atoms with E-state index in [2.05, 4.69) is 5.32 Å². The zero-order valence-electron chi connectivity index (χ0n) is 11.5. The maximum Gasteiger partial charge on any atom is 0.126 e. The maximum absolute atomic E-state index is 13.8. The van der Waals surface area contributed by atoms with Crippen molar-refractivity contribution in [3.8, 4) is 0 Å². The zero-order chi connectivity index (χ0) is 15.4. The Morgan fingerprint density at radius 3 is 2.57 bits per heavy atom. The summed E-state index contributed by atoms with van der Waals surface area (Å²) in [5, 5.41) is 4.33. The normalized spacial score (nSPS) is 12.4. The fourth-order valence-electron chi connectivity index (χ4n) is 2.24. The molecule has 2 aromatic carbocycles. The third kappa shape index (κ3) is 4.16. The number of benzene rings is 2. The predicted octanol–water partition coefficient (Wildman–Crippen LogP) is 5.16. The number of halogens is 4. The first-order chi connectivity index (χ1) is 10.0. The SMILES string of the molecule is CCNC(Cc1cc(F)ccc1F)c1cc(Cl)ccc1Cl. The number of likely N-dealkylation sites (N-methyl/N-ethyl adjacent to an activating group) is 1. The molecule has 1 N–H and O–H groups in total. The second kappa shape index (κ2) is 7.21. The molecule has 0 saturated heterocycles. The van der Waals surface area contributed by atoms with Crippen LogP contribution in [0.25, 0.3) is 0 Å². The van der Waals surface area contributed by atoms with Crippen molar-refractivity contribution in [3.05, 3.63) is 69.2 Å². The summed E-state index contributed by atoms with van der Waals surface area (Å²) in [5.74, 6) is -0.892. The highest BCUT2D eigenvalue weighted by Crippen LogP contribution is 2.29. The fourth-order valence-corrected chi connectivity index (χ4v) is 2.67. The molecule has 0 fully saturated rings. The van der Waals surface area contributed by atoms with E-state index in [1.54, 1.807) is 18.2 Å². The Labute approximate surface area is 132 Å². The molecule has 5 heteroatoms. The number of rotatable bonds is 5. The van der Waals surface area contributed by atoms with Crippen molar-refractivity contribution >= 4 is 23.2 Å². The van der Waals surface area contributed by atoms with Gasteiger partial charge in [-0.2, -0.15) is 0 Å². The Balaban J connectivity index is 2.35. The molecule has 2 rings (SSSR count). The van der Waals surface area contributed by atoms with Crippen LogP contribution < -0.4 is 5.32 Å².